The number of nitrogens with one attached hydrogen (secondary N) is 2. The molecule has 7 nitrogen and oxygen atoms in total. The first-order chi connectivity index (χ1) is 14.0. The minimum absolute atomic E-state index is 0.308. The molecule has 0 bridgehead atoms. The first-order valence-electron chi connectivity index (χ1n) is 8.52. The lowest BCUT2D eigenvalue weighted by molar-refractivity contribution is -0.150. The highest BCUT2D eigenvalue weighted by molar-refractivity contribution is 7.12. The van der Waals surface area contributed by atoms with Crippen molar-refractivity contribution in [3.63, 3.8) is 0 Å². The Morgan fingerprint density at radius 2 is 2.00 bits per heavy atom. The second-order valence-electron chi connectivity index (χ2n) is 6.38. The highest BCUT2D eigenvalue weighted by atomic mass is 35.5. The zero-order valence-electron chi connectivity index (χ0n) is 15.7. The number of nitrogens with zero attached hydrogens (tertiary/aromatic N) is 1. The number of halogens is 4. The SMILES string of the molecule is CC(C)C(NC(=O)c1cccs1)C(=O)OCC(=O)Nc1ncc(C(F)(F)F)cc1Cl. The van der Waals surface area contributed by atoms with Crippen molar-refractivity contribution in [2.45, 2.75) is 26.1 Å². The Balaban J connectivity index is 1.94. The van der Waals surface area contributed by atoms with Crippen molar-refractivity contribution in [3.05, 3.63) is 45.2 Å². The monoisotopic (exact) mass is 463 g/mol. The van der Waals surface area contributed by atoms with Gasteiger partial charge in [0, 0.05) is 6.20 Å². The average Bonchev–Trinajstić information content (AvgIpc) is 3.19. The summed E-state index contributed by atoms with van der Waals surface area (Å²) in [5, 5.41) is 6.00. The second kappa shape index (κ2) is 9.90. The molecule has 0 aliphatic heterocycles. The molecule has 0 saturated heterocycles. The second-order valence-corrected chi connectivity index (χ2v) is 7.74. The van der Waals surface area contributed by atoms with E-state index in [0.29, 0.717) is 17.1 Å². The van der Waals surface area contributed by atoms with E-state index in [4.69, 9.17) is 16.3 Å². The van der Waals surface area contributed by atoms with Crippen LogP contribution in [0.5, 0.6) is 0 Å². The molecule has 0 aliphatic carbocycles. The lowest BCUT2D eigenvalue weighted by Crippen LogP contribution is -2.45. The number of pyridine rings is 1. The van der Waals surface area contributed by atoms with Gasteiger partial charge in [-0.3, -0.25) is 9.59 Å². The molecule has 0 radical (unpaired) electrons. The van der Waals surface area contributed by atoms with E-state index in [1.807, 2.05) is 0 Å². The molecule has 2 rings (SSSR count). The van der Waals surface area contributed by atoms with Crippen LogP contribution in [-0.2, 0) is 20.5 Å². The van der Waals surface area contributed by atoms with Crippen LogP contribution in [0.4, 0.5) is 19.0 Å². The molecule has 0 spiro atoms. The Bertz CT molecular complexity index is 920. The van der Waals surface area contributed by atoms with Gasteiger partial charge in [0.25, 0.3) is 11.8 Å². The lowest BCUT2D eigenvalue weighted by Gasteiger charge is -2.20. The van der Waals surface area contributed by atoms with Gasteiger partial charge in [0.15, 0.2) is 12.4 Å². The van der Waals surface area contributed by atoms with E-state index < -0.39 is 47.2 Å². The summed E-state index contributed by atoms with van der Waals surface area (Å²) in [4.78, 5) is 40.3. The normalized spacial score (nSPS) is 12.4. The van der Waals surface area contributed by atoms with Gasteiger partial charge in [-0.15, -0.1) is 11.3 Å². The third-order valence-electron chi connectivity index (χ3n) is 3.72. The van der Waals surface area contributed by atoms with Crippen LogP contribution in [0.3, 0.4) is 0 Å². The van der Waals surface area contributed by atoms with E-state index in [1.54, 1.807) is 31.4 Å². The largest absolute Gasteiger partial charge is 0.454 e. The van der Waals surface area contributed by atoms with E-state index in [9.17, 15) is 27.6 Å². The highest BCUT2D eigenvalue weighted by Crippen LogP contribution is 2.32. The van der Waals surface area contributed by atoms with Crippen LogP contribution < -0.4 is 10.6 Å². The van der Waals surface area contributed by atoms with Crippen LogP contribution in [0.2, 0.25) is 5.02 Å². The van der Waals surface area contributed by atoms with E-state index >= 15 is 0 Å². The molecular formula is C18H17ClF3N3O4S. The zero-order chi connectivity index (χ0) is 22.5. The van der Waals surface area contributed by atoms with E-state index in [0.717, 1.165) is 0 Å². The lowest BCUT2D eigenvalue weighted by atomic mass is 10.0. The predicted octanol–water partition coefficient (Wildman–Crippen LogP) is 3.75. The molecular weight excluding hydrogens is 447 g/mol. The molecule has 1 atom stereocenters. The fourth-order valence-electron chi connectivity index (χ4n) is 2.20. The Morgan fingerprint density at radius 1 is 1.30 bits per heavy atom. The number of carbonyl (C=O) groups is 3. The Hall–Kier alpha value is -2.66. The number of amides is 2. The standard InChI is InChI=1S/C18H17ClF3N3O4S/c1-9(2)14(25-16(27)12-4-3-5-30-12)17(28)29-8-13(26)24-15-11(19)6-10(7-23-15)18(20,21)22/h3-7,9,14H,8H2,1-2H3,(H,25,27)(H,23,24,26). The molecule has 162 valence electrons. The van der Waals surface area contributed by atoms with Gasteiger partial charge in [-0.05, 0) is 23.4 Å². The number of aromatic nitrogens is 1. The number of anilines is 1. The molecule has 12 heteroatoms. The van der Waals surface area contributed by atoms with Crippen molar-refractivity contribution in [2.24, 2.45) is 5.92 Å². The molecule has 0 aliphatic rings. The van der Waals surface area contributed by atoms with Crippen molar-refractivity contribution in [1.29, 1.82) is 0 Å². The van der Waals surface area contributed by atoms with Crippen molar-refractivity contribution in [1.82, 2.24) is 10.3 Å². The predicted molar refractivity (Wildman–Crippen MR) is 104 cm³/mol. The summed E-state index contributed by atoms with van der Waals surface area (Å²) in [6.45, 7) is 2.63. The van der Waals surface area contributed by atoms with E-state index in [2.05, 4.69) is 15.6 Å². The van der Waals surface area contributed by atoms with Crippen LogP contribution in [0, 0.1) is 5.92 Å². The average molecular weight is 464 g/mol. The molecule has 0 saturated carbocycles. The van der Waals surface area contributed by atoms with Gasteiger partial charge in [-0.2, -0.15) is 13.2 Å². The maximum atomic E-state index is 12.6. The van der Waals surface area contributed by atoms with Crippen molar-refractivity contribution in [3.8, 4) is 0 Å². The van der Waals surface area contributed by atoms with Gasteiger partial charge in [0.05, 0.1) is 15.5 Å². The van der Waals surface area contributed by atoms with Crippen LogP contribution in [0.1, 0.15) is 29.1 Å². The smallest absolute Gasteiger partial charge is 0.417 e. The Kier molecular flexibility index (Phi) is 7.79. The summed E-state index contributed by atoms with van der Waals surface area (Å²) >= 11 is 6.91. The number of carbonyl (C=O) groups excluding carboxylic acids is 3. The molecule has 2 aromatic heterocycles. The maximum absolute atomic E-state index is 12.6. The van der Waals surface area contributed by atoms with Gasteiger partial charge in [0.2, 0.25) is 0 Å². The van der Waals surface area contributed by atoms with Crippen molar-refractivity contribution in [2.75, 3.05) is 11.9 Å². The molecule has 30 heavy (non-hydrogen) atoms. The van der Waals surface area contributed by atoms with Gasteiger partial charge in [0.1, 0.15) is 6.04 Å². The van der Waals surface area contributed by atoms with Crippen molar-refractivity contribution >= 4 is 46.5 Å². The summed E-state index contributed by atoms with van der Waals surface area (Å²) < 4.78 is 42.8. The first-order valence-corrected chi connectivity index (χ1v) is 9.78. The molecule has 2 aromatic rings. The summed E-state index contributed by atoms with van der Waals surface area (Å²) in [7, 11) is 0. The number of hydrogen-bond donors (Lipinski definition) is 2. The molecule has 2 amide bonds. The first kappa shape index (κ1) is 23.6. The minimum Gasteiger partial charge on any atom is -0.454 e. The summed E-state index contributed by atoms with van der Waals surface area (Å²) in [5.74, 6) is -2.78. The third-order valence-corrected chi connectivity index (χ3v) is 4.88. The van der Waals surface area contributed by atoms with Crippen LogP contribution >= 0.6 is 22.9 Å². The fourth-order valence-corrected chi connectivity index (χ4v) is 3.04. The number of alkyl halides is 3. The maximum Gasteiger partial charge on any atom is 0.417 e. The quantitative estimate of drug-likeness (QED) is 0.609. The topological polar surface area (TPSA) is 97.4 Å². The molecule has 1 unspecified atom stereocenters. The van der Waals surface area contributed by atoms with Gasteiger partial charge < -0.3 is 15.4 Å². The summed E-state index contributed by atoms with van der Waals surface area (Å²) in [6, 6.07) is 2.90. The van der Waals surface area contributed by atoms with E-state index in [-0.39, 0.29) is 11.7 Å². The Morgan fingerprint density at radius 3 is 2.53 bits per heavy atom. The molecule has 2 heterocycles. The number of rotatable bonds is 7. The summed E-state index contributed by atoms with van der Waals surface area (Å²) in [6.07, 6.45) is -4.11. The summed E-state index contributed by atoms with van der Waals surface area (Å²) in [5.41, 5.74) is -1.07. The fraction of sp³-hybridized carbons (Fsp3) is 0.333. The molecule has 0 fully saturated rings. The third kappa shape index (κ3) is 6.42. The minimum atomic E-state index is -4.63. The van der Waals surface area contributed by atoms with Gasteiger partial charge >= 0.3 is 12.1 Å². The number of thiophene rings is 1. The number of ether oxygens (including phenoxy) is 1. The zero-order valence-corrected chi connectivity index (χ0v) is 17.3. The highest BCUT2D eigenvalue weighted by Gasteiger charge is 2.32. The molecule has 0 aromatic carbocycles. The number of hydrogen-bond acceptors (Lipinski definition) is 6. The van der Waals surface area contributed by atoms with Crippen LogP contribution in [-0.4, -0.2) is 35.4 Å². The van der Waals surface area contributed by atoms with Gasteiger partial charge in [-0.1, -0.05) is 31.5 Å². The number of esters is 1. The van der Waals surface area contributed by atoms with E-state index in [1.165, 1.54) is 11.3 Å². The van der Waals surface area contributed by atoms with Crippen LogP contribution in [0.15, 0.2) is 29.8 Å². The Labute approximate surface area is 178 Å². The molecule has 2 N–H and O–H groups in total. The van der Waals surface area contributed by atoms with Crippen molar-refractivity contribution < 1.29 is 32.3 Å². The van der Waals surface area contributed by atoms with Crippen LogP contribution in [0.25, 0.3) is 0 Å². The van der Waals surface area contributed by atoms with Gasteiger partial charge in [-0.25, -0.2) is 9.78 Å².